The molecule has 0 aliphatic carbocycles. The van der Waals surface area contributed by atoms with Gasteiger partial charge in [-0.25, -0.2) is 4.98 Å². The van der Waals surface area contributed by atoms with Gasteiger partial charge in [-0.15, -0.1) is 0 Å². The third kappa shape index (κ3) is 3.79. The van der Waals surface area contributed by atoms with Crippen molar-refractivity contribution in [3.63, 3.8) is 0 Å². The lowest BCUT2D eigenvalue weighted by Crippen LogP contribution is -2.34. The van der Waals surface area contributed by atoms with E-state index >= 15 is 0 Å². The summed E-state index contributed by atoms with van der Waals surface area (Å²) in [5.41, 5.74) is 2.51. The van der Waals surface area contributed by atoms with Crippen LogP contribution in [0.1, 0.15) is 21.5 Å². The minimum absolute atomic E-state index is 0.133. The van der Waals surface area contributed by atoms with Crippen LogP contribution in [-0.2, 0) is 6.54 Å². The van der Waals surface area contributed by atoms with E-state index in [2.05, 4.69) is 26.2 Å². The lowest BCUT2D eigenvalue weighted by molar-refractivity contribution is 0.0954. The summed E-state index contributed by atoms with van der Waals surface area (Å²) in [5.74, 6) is -0.368. The molecule has 3 aromatic rings. The summed E-state index contributed by atoms with van der Waals surface area (Å²) >= 11 is 3.27. The van der Waals surface area contributed by atoms with E-state index in [0.29, 0.717) is 24.1 Å². The van der Waals surface area contributed by atoms with Gasteiger partial charge in [0.2, 0.25) is 0 Å². The molecule has 0 aliphatic rings. The molecule has 0 bridgehead atoms. The minimum atomic E-state index is -0.368. The molecule has 2 heterocycles. The van der Waals surface area contributed by atoms with E-state index in [-0.39, 0.29) is 17.0 Å². The van der Waals surface area contributed by atoms with E-state index in [9.17, 15) is 9.59 Å². The summed E-state index contributed by atoms with van der Waals surface area (Å²) in [7, 11) is 0. The maximum atomic E-state index is 12.9. The number of amides is 1. The number of halogens is 1. The highest BCUT2D eigenvalue weighted by Crippen LogP contribution is 2.13. The molecule has 25 heavy (non-hydrogen) atoms. The zero-order valence-corrected chi connectivity index (χ0v) is 15.4. The number of aromatic nitrogens is 2. The molecule has 2 aromatic heterocycles. The second-order valence-corrected chi connectivity index (χ2v) is 6.59. The van der Waals surface area contributed by atoms with Crippen molar-refractivity contribution in [1.82, 2.24) is 14.9 Å². The van der Waals surface area contributed by atoms with E-state index in [1.54, 1.807) is 22.9 Å². The largest absolute Gasteiger partial charge is 0.351 e. The maximum absolute atomic E-state index is 12.9. The SMILES string of the molecule is Cc1ccc(Cn2c(=O)c(C(=O)NCCBr)cc3cccnc32)cc1. The summed E-state index contributed by atoms with van der Waals surface area (Å²) in [4.78, 5) is 29.6. The lowest BCUT2D eigenvalue weighted by Gasteiger charge is -2.12. The van der Waals surface area contributed by atoms with Crippen molar-refractivity contribution in [3.05, 3.63) is 75.7 Å². The number of fused-ring (bicyclic) bond motifs is 1. The first kappa shape index (κ1) is 17.4. The van der Waals surface area contributed by atoms with Gasteiger partial charge in [0.15, 0.2) is 0 Å². The molecule has 0 unspecified atom stereocenters. The van der Waals surface area contributed by atoms with Gasteiger partial charge in [-0.1, -0.05) is 45.8 Å². The topological polar surface area (TPSA) is 64.0 Å². The molecule has 0 saturated heterocycles. The molecule has 128 valence electrons. The lowest BCUT2D eigenvalue weighted by atomic mass is 10.1. The van der Waals surface area contributed by atoms with E-state index < -0.39 is 0 Å². The smallest absolute Gasteiger partial charge is 0.265 e. The molecule has 1 aromatic carbocycles. The quantitative estimate of drug-likeness (QED) is 0.670. The summed E-state index contributed by atoms with van der Waals surface area (Å²) in [6.07, 6.45) is 1.65. The second-order valence-electron chi connectivity index (χ2n) is 5.80. The third-order valence-electron chi connectivity index (χ3n) is 3.93. The molecule has 1 N–H and O–H groups in total. The fourth-order valence-electron chi connectivity index (χ4n) is 2.65. The van der Waals surface area contributed by atoms with Crippen LogP contribution in [-0.4, -0.2) is 27.3 Å². The molecule has 1 amide bonds. The third-order valence-corrected chi connectivity index (χ3v) is 4.33. The predicted octanol–water partition coefficient (Wildman–Crippen LogP) is 2.88. The average Bonchev–Trinajstić information content (AvgIpc) is 2.63. The first-order valence-electron chi connectivity index (χ1n) is 7.98. The maximum Gasteiger partial charge on any atom is 0.265 e. The molecular weight excluding hydrogens is 382 g/mol. The molecule has 0 aliphatic heterocycles. The van der Waals surface area contributed by atoms with Gasteiger partial charge < -0.3 is 5.32 Å². The fourth-order valence-corrected chi connectivity index (χ4v) is 2.85. The minimum Gasteiger partial charge on any atom is -0.351 e. The molecule has 0 saturated carbocycles. The van der Waals surface area contributed by atoms with Gasteiger partial charge in [0, 0.05) is 23.5 Å². The van der Waals surface area contributed by atoms with Crippen LogP contribution in [0.4, 0.5) is 0 Å². The average molecular weight is 400 g/mol. The number of aryl methyl sites for hydroxylation is 1. The Hall–Kier alpha value is -2.47. The summed E-state index contributed by atoms with van der Waals surface area (Å²) < 4.78 is 1.56. The van der Waals surface area contributed by atoms with Crippen molar-refractivity contribution in [2.75, 3.05) is 11.9 Å². The number of carbonyl (C=O) groups excluding carboxylic acids is 1. The first-order valence-corrected chi connectivity index (χ1v) is 9.10. The second kappa shape index (κ2) is 7.61. The fraction of sp³-hybridized carbons (Fsp3) is 0.211. The number of hydrogen-bond acceptors (Lipinski definition) is 3. The van der Waals surface area contributed by atoms with Crippen molar-refractivity contribution in [2.45, 2.75) is 13.5 Å². The van der Waals surface area contributed by atoms with Gasteiger partial charge in [0.05, 0.1) is 6.54 Å². The van der Waals surface area contributed by atoms with Crippen LogP contribution >= 0.6 is 15.9 Å². The Bertz CT molecular complexity index is 965. The Morgan fingerprint density at radius 1 is 1.24 bits per heavy atom. The number of alkyl halides is 1. The highest BCUT2D eigenvalue weighted by atomic mass is 79.9. The van der Waals surface area contributed by atoms with E-state index in [4.69, 9.17) is 0 Å². The summed E-state index contributed by atoms with van der Waals surface area (Å²) in [6.45, 7) is 2.84. The number of carbonyl (C=O) groups is 1. The highest BCUT2D eigenvalue weighted by Gasteiger charge is 2.16. The monoisotopic (exact) mass is 399 g/mol. The standard InChI is InChI=1S/C19H18BrN3O2/c1-13-4-6-14(7-5-13)12-23-17-15(3-2-9-21-17)11-16(19(23)25)18(24)22-10-8-20/h2-7,9,11H,8,10,12H2,1H3,(H,22,24). The number of nitrogens with one attached hydrogen (secondary N) is 1. The number of nitrogens with zero attached hydrogens (tertiary/aromatic N) is 2. The van der Waals surface area contributed by atoms with Crippen molar-refractivity contribution < 1.29 is 4.79 Å². The number of pyridine rings is 2. The van der Waals surface area contributed by atoms with Gasteiger partial charge in [-0.2, -0.15) is 0 Å². The summed E-state index contributed by atoms with van der Waals surface area (Å²) in [5, 5.41) is 4.13. The van der Waals surface area contributed by atoms with Crippen LogP contribution in [0.2, 0.25) is 0 Å². The van der Waals surface area contributed by atoms with Crippen molar-refractivity contribution in [2.24, 2.45) is 0 Å². The zero-order chi connectivity index (χ0) is 17.8. The van der Waals surface area contributed by atoms with E-state index in [1.165, 1.54) is 0 Å². The van der Waals surface area contributed by atoms with Crippen molar-refractivity contribution in [1.29, 1.82) is 0 Å². The number of hydrogen-bond donors (Lipinski definition) is 1. The Morgan fingerprint density at radius 2 is 2.00 bits per heavy atom. The van der Waals surface area contributed by atoms with Crippen molar-refractivity contribution in [3.8, 4) is 0 Å². The molecular formula is C19H18BrN3O2. The molecule has 0 atom stereocenters. The van der Waals surface area contributed by atoms with Gasteiger partial charge >= 0.3 is 0 Å². The Balaban J connectivity index is 2.11. The van der Waals surface area contributed by atoms with Crippen LogP contribution in [0.25, 0.3) is 11.0 Å². The number of benzene rings is 1. The van der Waals surface area contributed by atoms with Crippen molar-refractivity contribution >= 4 is 32.9 Å². The molecule has 0 spiro atoms. The van der Waals surface area contributed by atoms with Crippen LogP contribution in [0.15, 0.2) is 53.5 Å². The molecule has 5 nitrogen and oxygen atoms in total. The van der Waals surface area contributed by atoms with Gasteiger partial charge in [0.25, 0.3) is 11.5 Å². The molecule has 3 rings (SSSR count). The predicted molar refractivity (Wildman–Crippen MR) is 102 cm³/mol. The molecule has 0 fully saturated rings. The summed E-state index contributed by atoms with van der Waals surface area (Å²) in [6, 6.07) is 13.2. The zero-order valence-electron chi connectivity index (χ0n) is 13.8. The normalized spacial score (nSPS) is 10.8. The van der Waals surface area contributed by atoms with Crippen LogP contribution in [0.3, 0.4) is 0 Å². The number of rotatable bonds is 5. The Labute approximate surface area is 153 Å². The van der Waals surface area contributed by atoms with E-state index in [0.717, 1.165) is 16.5 Å². The van der Waals surface area contributed by atoms with E-state index in [1.807, 2.05) is 37.3 Å². The van der Waals surface area contributed by atoms with Gasteiger partial charge in [-0.3, -0.25) is 14.2 Å². The van der Waals surface area contributed by atoms with Gasteiger partial charge in [0.1, 0.15) is 11.2 Å². The van der Waals surface area contributed by atoms with Crippen LogP contribution in [0.5, 0.6) is 0 Å². The van der Waals surface area contributed by atoms with Gasteiger partial charge in [-0.05, 0) is 30.7 Å². The molecule has 0 radical (unpaired) electrons. The van der Waals surface area contributed by atoms with Crippen LogP contribution in [0, 0.1) is 6.92 Å². The Kier molecular flexibility index (Phi) is 5.28. The highest BCUT2D eigenvalue weighted by molar-refractivity contribution is 9.09. The Morgan fingerprint density at radius 3 is 2.72 bits per heavy atom. The molecule has 6 heteroatoms. The first-order chi connectivity index (χ1) is 12.1. The van der Waals surface area contributed by atoms with Crippen LogP contribution < -0.4 is 10.9 Å².